The maximum absolute atomic E-state index is 11.5. The van der Waals surface area contributed by atoms with Crippen LogP contribution in [-0.4, -0.2) is 83.4 Å². The second-order valence-corrected chi connectivity index (χ2v) is 8.26. The molecule has 0 spiro atoms. The van der Waals surface area contributed by atoms with Gasteiger partial charge in [-0.15, -0.1) is 5.75 Å². The zero-order valence-electron chi connectivity index (χ0n) is 22.6. The van der Waals surface area contributed by atoms with Gasteiger partial charge in [-0.25, -0.2) is 4.57 Å². The van der Waals surface area contributed by atoms with Gasteiger partial charge in [-0.2, -0.15) is 0 Å². The van der Waals surface area contributed by atoms with Crippen LogP contribution in [0.4, 0.5) is 16.5 Å². The molecule has 0 saturated heterocycles. The van der Waals surface area contributed by atoms with Crippen LogP contribution >= 0.6 is 11.3 Å². The second-order valence-electron chi connectivity index (χ2n) is 7.25. The first-order valence-corrected chi connectivity index (χ1v) is 28.9. The molecule has 0 saturated carbocycles. The first-order chi connectivity index (χ1) is 17.1. The summed E-state index contributed by atoms with van der Waals surface area (Å²) in [6, 6.07) is 23.2. The van der Waals surface area contributed by atoms with Crippen molar-refractivity contribution >= 4 is 101 Å². The zero-order valence-corrected chi connectivity index (χ0v) is 32.7. The zero-order chi connectivity index (χ0) is 25.6. The molecule has 37 heavy (non-hydrogen) atoms. The number of likely N-dealkylation sites (N-methyl/N-ethyl adjacent to an activating group) is 1. The number of benzene rings is 3. The average molecular weight is 596 g/mol. The third-order valence-electron chi connectivity index (χ3n) is 5.00. The molecule has 10 heteroatoms. The van der Waals surface area contributed by atoms with E-state index < -0.39 is 0 Å². The number of nitrogens with zero attached hydrogens (tertiary/aromatic N) is 4. The number of thiazole rings is 1. The van der Waals surface area contributed by atoms with E-state index in [1.54, 1.807) is 12.1 Å². The van der Waals surface area contributed by atoms with Crippen LogP contribution in [-0.2, 0) is 18.4 Å². The van der Waals surface area contributed by atoms with Gasteiger partial charge in [0.1, 0.15) is 11.2 Å². The number of hydrogen-bond donors (Lipinski definition) is 0. The predicted octanol–water partition coefficient (Wildman–Crippen LogP) is 2.77. The van der Waals surface area contributed by atoms with Crippen molar-refractivity contribution in [2.45, 2.75) is 27.9 Å². The number of hydrogen-bond acceptors (Lipinski definition) is 6. The number of aryl methyl sites for hydroxylation is 1. The van der Waals surface area contributed by atoms with Crippen LogP contribution in [0.25, 0.3) is 10.2 Å². The molecule has 0 aliphatic carbocycles. The Balaban J connectivity index is 0.00000206. The third-order valence-corrected chi connectivity index (χ3v) is 6.09. The summed E-state index contributed by atoms with van der Waals surface area (Å²) in [4.78, 5) is 2.15. The molecular formula is C27H34K3N4O2S+. The maximum atomic E-state index is 11.5. The summed E-state index contributed by atoms with van der Waals surface area (Å²) in [6.07, 6.45) is 0. The molecule has 1 aromatic heterocycles. The number of rotatable bonds is 8. The van der Waals surface area contributed by atoms with Crippen molar-refractivity contribution in [3.8, 4) is 5.75 Å². The molecule has 0 fully saturated rings. The van der Waals surface area contributed by atoms with Gasteiger partial charge in [0, 0.05) is 19.3 Å². The van der Waals surface area contributed by atoms with Gasteiger partial charge in [0.05, 0.1) is 30.1 Å². The molecular weight excluding hydrogens is 562 g/mol. The normalized spacial score (nSPS) is 9.95. The minimum atomic E-state index is 0. The first kappa shape index (κ1) is 38.6. The van der Waals surface area contributed by atoms with Crippen LogP contribution in [0.2, 0.25) is 0 Å². The van der Waals surface area contributed by atoms with Crippen molar-refractivity contribution in [1.29, 1.82) is 0 Å². The molecule has 3 aromatic carbocycles. The van der Waals surface area contributed by atoms with E-state index in [-0.39, 0.29) is 64.6 Å². The predicted molar refractivity (Wildman–Crippen MR) is 152 cm³/mol. The number of aromatic nitrogens is 1. The molecule has 0 unspecified atom stereocenters. The monoisotopic (exact) mass is 595 g/mol. The number of azo groups is 1. The van der Waals surface area contributed by atoms with Gasteiger partial charge in [-0.05, 0) is 58.4 Å². The quantitative estimate of drug-likeness (QED) is 0.136. The molecule has 6 nitrogen and oxygen atoms in total. The Kier molecular flexibility index (Phi) is 23.2. The third kappa shape index (κ3) is 13.0. The summed E-state index contributed by atoms with van der Waals surface area (Å²) in [5.74, 6) is 0.00279. The van der Waals surface area contributed by atoms with Gasteiger partial charge in [0.15, 0.2) is 0 Å². The van der Waals surface area contributed by atoms with Crippen molar-refractivity contribution < 1.29 is 65.8 Å². The molecule has 0 aliphatic rings. The fourth-order valence-corrected chi connectivity index (χ4v) is 4.18. The van der Waals surface area contributed by atoms with E-state index in [1.807, 2.05) is 81.0 Å². The number of anilines is 1. The van der Waals surface area contributed by atoms with Gasteiger partial charge >= 0.3 is 120 Å². The van der Waals surface area contributed by atoms with E-state index in [4.69, 9.17) is 4.74 Å². The van der Waals surface area contributed by atoms with Gasteiger partial charge in [-0.3, -0.25) is 0 Å². The van der Waals surface area contributed by atoms with Crippen LogP contribution in [0.1, 0.15) is 26.8 Å². The SMILES string of the molecule is C.CC.CN(CCOCc1ccccc1)c1ccc(N=Nc2sc3cc([O-])ccc3[n+]2C)cc1.[K+].[K][K]. The second kappa shape index (κ2) is 22.2. The van der Waals surface area contributed by atoms with Crippen LogP contribution < -0.4 is 66.0 Å². The molecule has 0 aliphatic heterocycles. The Morgan fingerprint density at radius 2 is 1.62 bits per heavy atom. The molecule has 4 rings (SSSR count). The van der Waals surface area contributed by atoms with Crippen LogP contribution in [0.3, 0.4) is 0 Å². The fourth-order valence-electron chi connectivity index (χ4n) is 3.18. The Morgan fingerprint density at radius 3 is 2.27 bits per heavy atom. The van der Waals surface area contributed by atoms with Crippen molar-refractivity contribution in [1.82, 2.24) is 0 Å². The fraction of sp³-hybridized carbons (Fsp3) is 0.296. The summed E-state index contributed by atoms with van der Waals surface area (Å²) in [7, 11) is 3.97. The van der Waals surface area contributed by atoms with Gasteiger partial charge in [0.2, 0.25) is 0 Å². The van der Waals surface area contributed by atoms with Crippen molar-refractivity contribution in [2.24, 2.45) is 17.3 Å². The summed E-state index contributed by atoms with van der Waals surface area (Å²) < 4.78 is 8.63. The van der Waals surface area contributed by atoms with Gasteiger partial charge in [-0.1, -0.05) is 57.7 Å². The topological polar surface area (TPSA) is 64.1 Å². The van der Waals surface area contributed by atoms with E-state index in [1.165, 1.54) is 80.1 Å². The molecule has 0 radical (unpaired) electrons. The van der Waals surface area contributed by atoms with Gasteiger partial charge in [0.25, 0.3) is 0 Å². The average Bonchev–Trinajstić information content (AvgIpc) is 3.22. The van der Waals surface area contributed by atoms with E-state index in [0.717, 1.165) is 33.3 Å². The standard InChI is InChI=1S/C24H24N4O2S.C2H6.CH4.3K/c1-27(14-15-30-17-18-6-4-3-5-7-18)20-10-8-19(9-11-20)25-26-24-28(2)22-13-12-21(29)16-23(22)31-24;1-2;;;;/h3-13,16H,14-15,17H2,1-2H3;1-2H3;1H4;;;/q;;;;;+1. The Hall–Kier alpha value is 1.62. The number of fused-ring (bicyclic) bond motifs is 1. The van der Waals surface area contributed by atoms with E-state index in [2.05, 4.69) is 27.3 Å². The molecule has 4 aromatic rings. The van der Waals surface area contributed by atoms with E-state index in [9.17, 15) is 5.11 Å². The van der Waals surface area contributed by atoms with Crippen molar-refractivity contribution in [3.63, 3.8) is 0 Å². The van der Waals surface area contributed by atoms with E-state index in [0.29, 0.717) is 13.2 Å². The molecule has 0 amide bonds. The number of ether oxygens (including phenoxy) is 1. The summed E-state index contributed by atoms with van der Waals surface area (Å²) in [6.45, 7) is 6.08. The summed E-state index contributed by atoms with van der Waals surface area (Å²) in [5.41, 5.74) is 4.03. The molecule has 1 heterocycles. The van der Waals surface area contributed by atoms with Crippen molar-refractivity contribution in [3.05, 3.63) is 78.4 Å². The molecule has 0 atom stereocenters. The van der Waals surface area contributed by atoms with Crippen LogP contribution in [0, 0.1) is 0 Å². The Labute approximate surface area is 313 Å². The van der Waals surface area contributed by atoms with E-state index >= 15 is 0 Å². The Morgan fingerprint density at radius 1 is 0.973 bits per heavy atom. The Bertz CT molecular complexity index is 1190. The molecule has 182 valence electrons. The first-order valence-electron chi connectivity index (χ1n) is 12.0. The molecule has 0 bridgehead atoms. The minimum absolute atomic E-state index is 0. The summed E-state index contributed by atoms with van der Waals surface area (Å²) in [5, 5.41) is 21.0. The van der Waals surface area contributed by atoms with Crippen LogP contribution in [0.5, 0.6) is 5.75 Å². The van der Waals surface area contributed by atoms with Crippen LogP contribution in [0.15, 0.2) is 83.0 Å². The summed E-state index contributed by atoms with van der Waals surface area (Å²) >= 11 is 3.96. The van der Waals surface area contributed by atoms with Crippen molar-refractivity contribution in [2.75, 3.05) is 25.1 Å². The molecule has 0 N–H and O–H groups in total. The van der Waals surface area contributed by atoms with Gasteiger partial charge < -0.3 is 14.7 Å².